The Morgan fingerprint density at radius 3 is 2.71 bits per heavy atom. The van der Waals surface area contributed by atoms with Crippen LogP contribution in [-0.4, -0.2) is 52.3 Å². The van der Waals surface area contributed by atoms with E-state index in [1.54, 1.807) is 4.68 Å². The van der Waals surface area contributed by atoms with Gasteiger partial charge in [-0.05, 0) is 38.2 Å². The average molecular weight is 367 g/mol. The van der Waals surface area contributed by atoms with E-state index in [4.69, 9.17) is 12.2 Å². The van der Waals surface area contributed by atoms with Crippen LogP contribution >= 0.6 is 12.2 Å². The predicted octanol–water partition coefficient (Wildman–Crippen LogP) is 2.00. The van der Waals surface area contributed by atoms with E-state index in [1.807, 2.05) is 54.8 Å². The summed E-state index contributed by atoms with van der Waals surface area (Å²) < 4.78 is 27.6. The molecule has 1 aromatic carbocycles. The zero-order valence-corrected chi connectivity index (χ0v) is 15.8. The molecule has 0 bridgehead atoms. The molecule has 1 aliphatic heterocycles. The molecular weight excluding hydrogens is 344 g/mol. The molecule has 0 spiro atoms. The summed E-state index contributed by atoms with van der Waals surface area (Å²) >= 11 is 5.51. The fraction of sp³-hybridized carbons (Fsp3) is 0.500. The largest absolute Gasteiger partial charge is 0.303 e. The first-order chi connectivity index (χ1) is 11.3. The number of nitrogens with zero attached hydrogens (tertiary/aromatic N) is 4. The van der Waals surface area contributed by atoms with Crippen molar-refractivity contribution in [2.75, 3.05) is 18.6 Å². The number of hydrogen-bond donors (Lipinski definition) is 0. The third-order valence-corrected chi connectivity index (χ3v) is 6.85. The van der Waals surface area contributed by atoms with Crippen LogP contribution in [0.25, 0.3) is 11.4 Å². The van der Waals surface area contributed by atoms with E-state index in [2.05, 4.69) is 5.10 Å². The van der Waals surface area contributed by atoms with Gasteiger partial charge in [-0.15, -0.1) is 0 Å². The second kappa shape index (κ2) is 6.42. The second-order valence-corrected chi connectivity index (χ2v) is 9.03. The zero-order chi connectivity index (χ0) is 17.5. The number of aryl methyl sites for hydroxylation is 1. The van der Waals surface area contributed by atoms with Gasteiger partial charge in [-0.2, -0.15) is 5.10 Å². The zero-order valence-electron chi connectivity index (χ0n) is 14.1. The van der Waals surface area contributed by atoms with Gasteiger partial charge in [0.15, 0.2) is 20.4 Å². The Labute approximate surface area is 147 Å². The first-order valence-electron chi connectivity index (χ1n) is 7.89. The van der Waals surface area contributed by atoms with Crippen molar-refractivity contribution in [3.05, 3.63) is 34.6 Å². The van der Waals surface area contributed by atoms with Crippen molar-refractivity contribution in [3.63, 3.8) is 0 Å². The Bertz CT molecular complexity index is 914. The van der Waals surface area contributed by atoms with Crippen molar-refractivity contribution in [2.24, 2.45) is 7.05 Å². The molecule has 0 amide bonds. The van der Waals surface area contributed by atoms with Crippen LogP contribution in [0.5, 0.6) is 0 Å². The lowest BCUT2D eigenvalue weighted by molar-refractivity contribution is 0.196. The third-order valence-electron chi connectivity index (χ3n) is 4.62. The van der Waals surface area contributed by atoms with Gasteiger partial charge in [0, 0.05) is 18.7 Å². The van der Waals surface area contributed by atoms with E-state index in [0.29, 0.717) is 17.9 Å². The minimum absolute atomic E-state index is 0.0285. The highest BCUT2D eigenvalue weighted by molar-refractivity contribution is 7.91. The molecule has 0 N–H and O–H groups in total. The SMILES string of the molecule is Cc1ccccc1-c1nn(CN(C)[C@@H]2CCS(=O)(=O)C2)c(=S)n1C. The summed E-state index contributed by atoms with van der Waals surface area (Å²) in [6.07, 6.45) is 0.670. The van der Waals surface area contributed by atoms with E-state index in [-0.39, 0.29) is 17.5 Å². The van der Waals surface area contributed by atoms with Gasteiger partial charge < -0.3 is 4.57 Å². The number of aromatic nitrogens is 3. The van der Waals surface area contributed by atoms with E-state index >= 15 is 0 Å². The smallest absolute Gasteiger partial charge is 0.199 e. The Hall–Kier alpha value is -1.51. The number of sulfone groups is 1. The minimum Gasteiger partial charge on any atom is -0.303 e. The number of benzene rings is 1. The first-order valence-corrected chi connectivity index (χ1v) is 10.1. The van der Waals surface area contributed by atoms with E-state index in [0.717, 1.165) is 17.0 Å². The average Bonchev–Trinajstić information content (AvgIpc) is 3.02. The topological polar surface area (TPSA) is 60.1 Å². The molecule has 0 radical (unpaired) electrons. The predicted molar refractivity (Wildman–Crippen MR) is 97.0 cm³/mol. The van der Waals surface area contributed by atoms with Gasteiger partial charge in [-0.1, -0.05) is 24.3 Å². The fourth-order valence-corrected chi connectivity index (χ4v) is 5.08. The molecule has 1 fully saturated rings. The summed E-state index contributed by atoms with van der Waals surface area (Å²) in [6.45, 7) is 2.53. The molecule has 3 rings (SSSR count). The van der Waals surface area contributed by atoms with E-state index < -0.39 is 9.84 Å². The van der Waals surface area contributed by atoms with Crippen molar-refractivity contribution >= 4 is 22.1 Å². The highest BCUT2D eigenvalue weighted by Gasteiger charge is 2.31. The van der Waals surface area contributed by atoms with Crippen molar-refractivity contribution in [1.29, 1.82) is 0 Å². The lowest BCUT2D eigenvalue weighted by atomic mass is 10.1. The molecule has 8 heteroatoms. The molecule has 130 valence electrons. The summed E-state index contributed by atoms with van der Waals surface area (Å²) in [5, 5.41) is 4.67. The first kappa shape index (κ1) is 17.3. The van der Waals surface area contributed by atoms with Crippen LogP contribution < -0.4 is 0 Å². The molecule has 2 heterocycles. The van der Waals surface area contributed by atoms with Crippen LogP contribution in [0.2, 0.25) is 0 Å². The van der Waals surface area contributed by atoms with Crippen molar-refractivity contribution < 1.29 is 8.42 Å². The molecule has 6 nitrogen and oxygen atoms in total. The summed E-state index contributed by atoms with van der Waals surface area (Å²) in [4.78, 5) is 2.02. The highest BCUT2D eigenvalue weighted by atomic mass is 32.2. The lowest BCUT2D eigenvalue weighted by Gasteiger charge is -2.22. The molecule has 1 aromatic heterocycles. The van der Waals surface area contributed by atoms with Gasteiger partial charge in [0.25, 0.3) is 0 Å². The van der Waals surface area contributed by atoms with Crippen LogP contribution in [0.4, 0.5) is 0 Å². The summed E-state index contributed by atoms with van der Waals surface area (Å²) in [6, 6.07) is 8.09. The monoisotopic (exact) mass is 366 g/mol. The summed E-state index contributed by atoms with van der Waals surface area (Å²) in [7, 11) is 0.939. The Morgan fingerprint density at radius 2 is 2.08 bits per heavy atom. The normalized spacial score (nSPS) is 19.9. The number of rotatable bonds is 4. The minimum atomic E-state index is -2.90. The summed E-state index contributed by atoms with van der Waals surface area (Å²) in [5.41, 5.74) is 2.19. The highest BCUT2D eigenvalue weighted by Crippen LogP contribution is 2.22. The molecular formula is C16H22N4O2S2. The molecule has 0 aliphatic carbocycles. The van der Waals surface area contributed by atoms with Crippen molar-refractivity contribution in [2.45, 2.75) is 26.1 Å². The van der Waals surface area contributed by atoms with Gasteiger partial charge in [0.2, 0.25) is 0 Å². The molecule has 2 aromatic rings. The molecule has 1 atom stereocenters. The van der Waals surface area contributed by atoms with Gasteiger partial charge in [-0.25, -0.2) is 13.1 Å². The molecule has 1 saturated heterocycles. The Kier molecular flexibility index (Phi) is 4.63. The van der Waals surface area contributed by atoms with Gasteiger partial charge >= 0.3 is 0 Å². The van der Waals surface area contributed by atoms with Gasteiger partial charge in [0.05, 0.1) is 18.2 Å². The van der Waals surface area contributed by atoms with Crippen molar-refractivity contribution in [3.8, 4) is 11.4 Å². The standard InChI is InChI=1S/C16H22N4O2S2/c1-12-6-4-5-7-14(12)15-17-20(16(23)19(15)3)11-18(2)13-8-9-24(21,22)10-13/h4-7,13H,8-11H2,1-3H3/t13-/m1/s1. The maximum absolute atomic E-state index is 11.7. The molecule has 0 saturated carbocycles. The van der Waals surface area contributed by atoms with Crippen LogP contribution in [0.3, 0.4) is 0 Å². The van der Waals surface area contributed by atoms with Gasteiger partial charge in [-0.3, -0.25) is 4.90 Å². The van der Waals surface area contributed by atoms with Crippen LogP contribution in [0.1, 0.15) is 12.0 Å². The molecule has 0 unspecified atom stereocenters. The molecule has 24 heavy (non-hydrogen) atoms. The van der Waals surface area contributed by atoms with Crippen LogP contribution in [0.15, 0.2) is 24.3 Å². The van der Waals surface area contributed by atoms with E-state index in [1.165, 1.54) is 0 Å². The Morgan fingerprint density at radius 1 is 1.38 bits per heavy atom. The quantitative estimate of drug-likeness (QED) is 0.775. The Balaban J connectivity index is 1.87. The fourth-order valence-electron chi connectivity index (χ4n) is 3.09. The van der Waals surface area contributed by atoms with Crippen LogP contribution in [-0.2, 0) is 23.6 Å². The maximum Gasteiger partial charge on any atom is 0.199 e. The van der Waals surface area contributed by atoms with Crippen molar-refractivity contribution in [1.82, 2.24) is 19.2 Å². The van der Waals surface area contributed by atoms with E-state index in [9.17, 15) is 8.42 Å². The lowest BCUT2D eigenvalue weighted by Crippen LogP contribution is -2.34. The number of hydrogen-bond acceptors (Lipinski definition) is 5. The van der Waals surface area contributed by atoms with Crippen LogP contribution in [0, 0.1) is 11.7 Å². The maximum atomic E-state index is 11.7. The van der Waals surface area contributed by atoms with Gasteiger partial charge in [0.1, 0.15) is 0 Å². The third kappa shape index (κ3) is 3.31. The second-order valence-electron chi connectivity index (χ2n) is 6.43. The summed E-state index contributed by atoms with van der Waals surface area (Å²) in [5.74, 6) is 1.31. The molecule has 1 aliphatic rings.